The summed E-state index contributed by atoms with van der Waals surface area (Å²) in [4.78, 5) is 47.9. The SMILES string of the molecule is CC1(C)CC(N(CCN)CCN)=C(C#N)/C(=C(\C#N)C(=O)OCC(COC(=O)/C(C#N)=C2\CC(C)(C)CC(N(CCN)CCN)=C2C#N)COC(=O)/C(C#N)=C2\CC(C)(C)CC(N(CCN)CCN)=C2C#N)C1. The first kappa shape index (κ1) is 60.3. The molecule has 392 valence electrons. The largest absolute Gasteiger partial charge is 0.461 e. The molecule has 0 bridgehead atoms. The Morgan fingerprint density at radius 2 is 0.658 bits per heavy atom. The number of ether oxygens (including phenoxy) is 3. The molecule has 0 saturated heterocycles. The van der Waals surface area contributed by atoms with Crippen molar-refractivity contribution in [2.45, 2.75) is 80.1 Å². The van der Waals surface area contributed by atoms with Crippen LogP contribution in [0.2, 0.25) is 0 Å². The van der Waals surface area contributed by atoms with E-state index in [1.807, 2.05) is 74.4 Å². The molecule has 21 nitrogen and oxygen atoms in total. The van der Waals surface area contributed by atoms with Crippen LogP contribution >= 0.6 is 0 Å². The zero-order valence-corrected chi connectivity index (χ0v) is 43.4. The van der Waals surface area contributed by atoms with E-state index in [4.69, 9.17) is 48.6 Å². The summed E-state index contributed by atoms with van der Waals surface area (Å²) in [5.41, 5.74) is 35.1. The van der Waals surface area contributed by atoms with Gasteiger partial charge in [0.1, 0.15) is 73.0 Å². The third-order valence-electron chi connectivity index (χ3n) is 12.8. The van der Waals surface area contributed by atoms with Gasteiger partial charge in [0.25, 0.3) is 0 Å². The zero-order chi connectivity index (χ0) is 54.7. The molecule has 73 heavy (non-hydrogen) atoms. The summed E-state index contributed by atoms with van der Waals surface area (Å²) in [5.74, 6) is -4.54. The topological polar surface area (TPSA) is 387 Å². The average molecular weight is 1000 g/mol. The lowest BCUT2D eigenvalue weighted by atomic mass is 9.72. The molecule has 0 spiro atoms. The van der Waals surface area contributed by atoms with Gasteiger partial charge in [-0.15, -0.1) is 0 Å². The number of rotatable bonds is 24. The summed E-state index contributed by atoms with van der Waals surface area (Å²) >= 11 is 0. The molecule has 3 rings (SSSR count). The normalized spacial score (nSPS) is 18.9. The van der Waals surface area contributed by atoms with Crippen molar-refractivity contribution in [2.75, 3.05) is 98.4 Å². The molecule has 21 heteroatoms. The van der Waals surface area contributed by atoms with Crippen molar-refractivity contribution in [2.24, 2.45) is 56.6 Å². The molecule has 0 radical (unpaired) electrons. The summed E-state index contributed by atoms with van der Waals surface area (Å²) in [6, 6.07) is 12.3. The molecule has 12 N–H and O–H groups in total. The smallest absolute Gasteiger partial charge is 0.349 e. The minimum absolute atomic E-state index is 0.117. The molecule has 0 atom stereocenters. The zero-order valence-electron chi connectivity index (χ0n) is 43.4. The Labute approximate surface area is 430 Å². The van der Waals surface area contributed by atoms with Gasteiger partial charge in [-0.2, -0.15) is 31.6 Å². The van der Waals surface area contributed by atoms with Crippen LogP contribution < -0.4 is 34.4 Å². The fourth-order valence-corrected chi connectivity index (χ4v) is 9.61. The number of hydrogen-bond donors (Lipinski definition) is 6. The first-order valence-electron chi connectivity index (χ1n) is 24.4. The highest BCUT2D eigenvalue weighted by Gasteiger charge is 2.40. The molecule has 0 unspecified atom stereocenters. The van der Waals surface area contributed by atoms with Crippen LogP contribution in [-0.4, -0.2) is 131 Å². The number of carbonyl (C=O) groups excluding carboxylic acids is 3. The second kappa shape index (κ2) is 27.7. The van der Waals surface area contributed by atoms with Crippen LogP contribution in [0.25, 0.3) is 0 Å². The Kier molecular flexibility index (Phi) is 22.9. The number of nitriles is 6. The Bertz CT molecular complexity index is 2250. The van der Waals surface area contributed by atoms with Gasteiger partial charge in [0.2, 0.25) is 0 Å². The summed E-state index contributed by atoms with van der Waals surface area (Å²) in [6.45, 7) is 13.4. The molecule has 0 aliphatic heterocycles. The van der Waals surface area contributed by atoms with E-state index in [1.54, 1.807) is 0 Å². The van der Waals surface area contributed by atoms with Gasteiger partial charge in [0, 0.05) is 95.6 Å². The van der Waals surface area contributed by atoms with Crippen molar-refractivity contribution in [3.05, 3.63) is 67.2 Å². The van der Waals surface area contributed by atoms with Crippen LogP contribution in [0.5, 0.6) is 0 Å². The maximum atomic E-state index is 14.1. The minimum atomic E-state index is -1.19. The van der Waals surface area contributed by atoms with E-state index >= 15 is 0 Å². The van der Waals surface area contributed by atoms with Gasteiger partial charge in [0.15, 0.2) is 0 Å². The Balaban J connectivity index is 2.18. The van der Waals surface area contributed by atoms with Crippen molar-refractivity contribution in [1.29, 1.82) is 31.6 Å². The van der Waals surface area contributed by atoms with Gasteiger partial charge < -0.3 is 63.3 Å². The lowest BCUT2D eigenvalue weighted by molar-refractivity contribution is -0.148. The van der Waals surface area contributed by atoms with Crippen LogP contribution in [0.1, 0.15) is 80.1 Å². The first-order chi connectivity index (χ1) is 34.6. The maximum Gasteiger partial charge on any atom is 0.349 e. The fraction of sp³-hybridized carbons (Fsp3) is 0.596. The fourth-order valence-electron chi connectivity index (χ4n) is 9.61. The Morgan fingerprint density at radius 3 is 0.836 bits per heavy atom. The molecular weight excluding hydrogens is 931 g/mol. The van der Waals surface area contributed by atoms with Crippen molar-refractivity contribution in [1.82, 2.24) is 14.7 Å². The summed E-state index contributed by atoms with van der Waals surface area (Å²) in [6.07, 6.45) is 1.78. The average Bonchev–Trinajstić information content (AvgIpc) is 3.33. The lowest BCUT2D eigenvalue weighted by Gasteiger charge is -2.38. The van der Waals surface area contributed by atoms with Gasteiger partial charge in [-0.25, -0.2) is 14.4 Å². The number of allylic oxidation sites excluding steroid dienone is 9. The minimum Gasteiger partial charge on any atom is -0.461 e. The molecule has 3 aliphatic rings. The van der Waals surface area contributed by atoms with Crippen LogP contribution in [0.4, 0.5) is 0 Å². The van der Waals surface area contributed by atoms with Crippen LogP contribution in [0, 0.1) is 90.1 Å². The van der Waals surface area contributed by atoms with E-state index in [0.717, 1.165) is 0 Å². The predicted octanol–water partition coefficient (Wildman–Crippen LogP) is 2.14. The van der Waals surface area contributed by atoms with E-state index in [1.165, 1.54) is 0 Å². The quantitative estimate of drug-likeness (QED) is 0.0349. The second-order valence-electron chi connectivity index (χ2n) is 20.6. The maximum absolute atomic E-state index is 14.1. The van der Waals surface area contributed by atoms with Gasteiger partial charge in [-0.1, -0.05) is 41.5 Å². The molecule has 0 saturated carbocycles. The van der Waals surface area contributed by atoms with Crippen molar-refractivity contribution in [3.63, 3.8) is 0 Å². The highest BCUT2D eigenvalue weighted by molar-refractivity contribution is 5.96. The monoisotopic (exact) mass is 1000 g/mol. The molecule has 0 fully saturated rings. The summed E-state index contributed by atoms with van der Waals surface area (Å²) in [7, 11) is 0. The first-order valence-corrected chi connectivity index (χ1v) is 24.4. The van der Waals surface area contributed by atoms with Crippen molar-refractivity contribution < 1.29 is 28.6 Å². The van der Waals surface area contributed by atoms with Gasteiger partial charge in [0.05, 0.1) is 22.6 Å². The van der Waals surface area contributed by atoms with E-state index in [2.05, 4.69) is 18.2 Å². The molecular formula is C52H73N15O6. The van der Waals surface area contributed by atoms with Gasteiger partial charge in [-0.05, 0) is 71.5 Å². The number of esters is 3. The molecule has 0 aromatic rings. The summed E-state index contributed by atoms with van der Waals surface area (Å²) < 4.78 is 17.2. The number of nitrogens with zero attached hydrogens (tertiary/aromatic N) is 9. The van der Waals surface area contributed by atoms with E-state index in [-0.39, 0.29) is 92.0 Å². The predicted molar refractivity (Wildman–Crippen MR) is 270 cm³/mol. The van der Waals surface area contributed by atoms with E-state index in [0.29, 0.717) is 75.6 Å². The third-order valence-corrected chi connectivity index (χ3v) is 12.8. The molecule has 3 aliphatic carbocycles. The second-order valence-corrected chi connectivity index (χ2v) is 20.6. The molecule has 0 aromatic carbocycles. The standard InChI is InChI=1S/C52H73N15O6/c1-50(2)19-35(38(25-59)44(22-50)65(13-7-53)14-8-54)41(28-62)47(68)71-31-34(32-72-48(69)42(29-63)36-20-51(3,4)23-45(39(36)26-60)66(15-9-55)16-10-56)33-73-49(70)43(30-64)37-21-52(5,6)24-46(40(37)27-61)67(17-11-57)18-12-58/h34H,7-24,31-33,53-58H2,1-6H3/b41-35+,42-36+,43-37+. The highest BCUT2D eigenvalue weighted by Crippen LogP contribution is 2.46. The molecule has 0 aromatic heterocycles. The highest BCUT2D eigenvalue weighted by atomic mass is 16.6. The molecule has 0 heterocycles. The van der Waals surface area contributed by atoms with Crippen molar-refractivity contribution >= 4 is 17.9 Å². The van der Waals surface area contributed by atoms with Crippen molar-refractivity contribution in [3.8, 4) is 36.4 Å². The number of nitrogens with two attached hydrogens (primary N) is 6. The molecule has 0 amide bonds. The summed E-state index contributed by atoms with van der Waals surface area (Å²) in [5, 5.41) is 63.0. The number of hydrogen-bond acceptors (Lipinski definition) is 21. The van der Waals surface area contributed by atoms with E-state index < -0.39 is 76.6 Å². The van der Waals surface area contributed by atoms with Gasteiger partial charge >= 0.3 is 17.9 Å². The number of carbonyl (C=O) groups is 3. The van der Waals surface area contributed by atoms with E-state index in [9.17, 15) is 46.0 Å². The Hall–Kier alpha value is -7.05. The van der Waals surface area contributed by atoms with Gasteiger partial charge in [-0.3, -0.25) is 0 Å². The Morgan fingerprint density at radius 1 is 0.438 bits per heavy atom. The lowest BCUT2D eigenvalue weighted by Crippen LogP contribution is -2.38. The van der Waals surface area contributed by atoms with Crippen LogP contribution in [0.3, 0.4) is 0 Å². The van der Waals surface area contributed by atoms with Crippen LogP contribution in [-0.2, 0) is 28.6 Å². The third kappa shape index (κ3) is 15.7. The van der Waals surface area contributed by atoms with Crippen LogP contribution in [0.15, 0.2) is 67.2 Å².